The van der Waals surface area contributed by atoms with Crippen molar-refractivity contribution in [2.45, 2.75) is 125 Å². The van der Waals surface area contributed by atoms with E-state index in [4.69, 9.17) is 4.74 Å². The monoisotopic (exact) mass is 456 g/mol. The molecule has 5 aliphatic carbocycles. The van der Waals surface area contributed by atoms with E-state index < -0.39 is 0 Å². The van der Waals surface area contributed by atoms with Gasteiger partial charge in [0.15, 0.2) is 0 Å². The maximum atomic E-state index is 13.3. The van der Waals surface area contributed by atoms with Gasteiger partial charge in [0.05, 0.1) is 11.5 Å². The van der Waals surface area contributed by atoms with E-state index in [1.54, 1.807) is 0 Å². The molecule has 0 unspecified atom stereocenters. The molecule has 3 heteroatoms. The highest BCUT2D eigenvalue weighted by atomic mass is 16.6. The molecule has 186 valence electrons. The molecule has 0 aromatic carbocycles. The number of esters is 1. The van der Waals surface area contributed by atoms with Gasteiger partial charge < -0.3 is 9.84 Å². The van der Waals surface area contributed by atoms with E-state index in [1.165, 1.54) is 38.5 Å². The molecule has 1 heterocycles. The van der Waals surface area contributed by atoms with Crippen LogP contribution in [0, 0.1) is 56.2 Å². The van der Waals surface area contributed by atoms with Crippen molar-refractivity contribution >= 4 is 5.97 Å². The van der Waals surface area contributed by atoms with Crippen molar-refractivity contribution in [3.05, 3.63) is 0 Å². The Kier molecular flexibility index (Phi) is 4.44. The fourth-order valence-electron chi connectivity index (χ4n) is 11.8. The highest BCUT2D eigenvalue weighted by molar-refractivity contribution is 5.81. The zero-order valence-corrected chi connectivity index (χ0v) is 22.3. The molecule has 33 heavy (non-hydrogen) atoms. The van der Waals surface area contributed by atoms with E-state index >= 15 is 0 Å². The fraction of sp³-hybridized carbons (Fsp3) is 0.967. The number of carbonyl (C=O) groups is 1. The summed E-state index contributed by atoms with van der Waals surface area (Å²) in [5.74, 6) is 2.50. The molecule has 3 nitrogen and oxygen atoms in total. The molecule has 6 rings (SSSR count). The van der Waals surface area contributed by atoms with Gasteiger partial charge in [-0.2, -0.15) is 0 Å². The Morgan fingerprint density at radius 3 is 2.18 bits per heavy atom. The van der Waals surface area contributed by atoms with Crippen LogP contribution in [0.3, 0.4) is 0 Å². The molecule has 6 aliphatic rings. The third-order valence-electron chi connectivity index (χ3n) is 14.0. The summed E-state index contributed by atoms with van der Waals surface area (Å²) in [4.78, 5) is 13.3. The molecule has 1 aliphatic heterocycles. The lowest BCUT2D eigenvalue weighted by Crippen LogP contribution is -2.67. The van der Waals surface area contributed by atoms with Gasteiger partial charge in [-0.15, -0.1) is 0 Å². The number of fused-ring (bicyclic) bond motifs is 5. The number of hydrogen-bond acceptors (Lipinski definition) is 3. The van der Waals surface area contributed by atoms with E-state index in [2.05, 4.69) is 48.5 Å². The Labute approximate surface area is 201 Å². The molecule has 0 amide bonds. The molecule has 5 saturated carbocycles. The van der Waals surface area contributed by atoms with E-state index in [0.29, 0.717) is 28.6 Å². The van der Waals surface area contributed by atoms with Gasteiger partial charge in [-0.05, 0) is 104 Å². The predicted molar refractivity (Wildman–Crippen MR) is 130 cm³/mol. The van der Waals surface area contributed by atoms with Crippen molar-refractivity contribution in [1.82, 2.24) is 0 Å². The zero-order valence-electron chi connectivity index (χ0n) is 22.3. The van der Waals surface area contributed by atoms with Crippen molar-refractivity contribution < 1.29 is 14.6 Å². The normalized spacial score (nSPS) is 58.4. The van der Waals surface area contributed by atoms with Crippen molar-refractivity contribution in [2.24, 2.45) is 56.2 Å². The molecule has 1 saturated heterocycles. The highest BCUT2D eigenvalue weighted by Crippen LogP contribution is 2.78. The fourth-order valence-corrected chi connectivity index (χ4v) is 11.8. The minimum Gasteiger partial charge on any atom is -0.461 e. The second-order valence-corrected chi connectivity index (χ2v) is 15.5. The van der Waals surface area contributed by atoms with Crippen molar-refractivity contribution in [1.29, 1.82) is 0 Å². The first kappa shape index (κ1) is 22.9. The zero-order chi connectivity index (χ0) is 23.8. The standard InChI is InChI=1S/C30H48O3/c1-25(2)14-16-30-17-15-28(6)18(22(30)23(25)33-24(30)32)8-9-20-27(5)12-11-21(31)26(3,4)19(27)10-13-29(20,28)7/h18-23,31H,8-17H2,1-7H3/t18-,19+,20-,21+,22-,23-,27+,28-,29-,30-/m1/s1. The second-order valence-electron chi connectivity index (χ2n) is 15.5. The van der Waals surface area contributed by atoms with Crippen LogP contribution in [0.4, 0.5) is 0 Å². The van der Waals surface area contributed by atoms with Gasteiger partial charge in [0.25, 0.3) is 0 Å². The third-order valence-corrected chi connectivity index (χ3v) is 14.0. The first-order valence-electron chi connectivity index (χ1n) is 14.1. The lowest BCUT2D eigenvalue weighted by Gasteiger charge is -2.73. The lowest BCUT2D eigenvalue weighted by molar-refractivity contribution is -0.252. The average Bonchev–Trinajstić information content (AvgIpc) is 2.99. The van der Waals surface area contributed by atoms with Gasteiger partial charge in [0.2, 0.25) is 0 Å². The first-order chi connectivity index (χ1) is 15.2. The Balaban J connectivity index is 1.41. The maximum Gasteiger partial charge on any atom is 0.312 e. The molecule has 1 N–H and O–H groups in total. The molecule has 0 spiro atoms. The van der Waals surface area contributed by atoms with Gasteiger partial charge in [-0.25, -0.2) is 0 Å². The molecule has 0 radical (unpaired) electrons. The topological polar surface area (TPSA) is 46.5 Å². The van der Waals surface area contributed by atoms with Crippen LogP contribution in [0.15, 0.2) is 0 Å². The molecular formula is C30H48O3. The second kappa shape index (κ2) is 6.40. The summed E-state index contributed by atoms with van der Waals surface area (Å²) in [6.45, 7) is 17.3. The van der Waals surface area contributed by atoms with Gasteiger partial charge in [-0.3, -0.25) is 4.79 Å². The smallest absolute Gasteiger partial charge is 0.312 e. The summed E-state index contributed by atoms with van der Waals surface area (Å²) in [5, 5.41) is 10.9. The summed E-state index contributed by atoms with van der Waals surface area (Å²) in [6, 6.07) is 0. The van der Waals surface area contributed by atoms with Crippen molar-refractivity contribution in [2.75, 3.05) is 0 Å². The third kappa shape index (κ3) is 2.45. The molecular weight excluding hydrogens is 408 g/mol. The summed E-state index contributed by atoms with van der Waals surface area (Å²) < 4.78 is 6.28. The van der Waals surface area contributed by atoms with E-state index in [0.717, 1.165) is 31.6 Å². The van der Waals surface area contributed by atoms with Crippen LogP contribution in [-0.4, -0.2) is 23.3 Å². The summed E-state index contributed by atoms with van der Waals surface area (Å²) in [5.41, 5.74) is 0.823. The summed E-state index contributed by atoms with van der Waals surface area (Å²) in [6.07, 6.45) is 11.6. The number of aliphatic hydroxyl groups excluding tert-OH is 1. The van der Waals surface area contributed by atoms with Crippen LogP contribution in [0.25, 0.3) is 0 Å². The number of aliphatic hydroxyl groups is 1. The Morgan fingerprint density at radius 1 is 0.758 bits per heavy atom. The largest absolute Gasteiger partial charge is 0.461 e. The molecule has 0 aromatic rings. The number of hydrogen-bond donors (Lipinski definition) is 1. The minimum absolute atomic E-state index is 0.00939. The van der Waals surface area contributed by atoms with Crippen LogP contribution in [0.5, 0.6) is 0 Å². The Bertz CT molecular complexity index is 876. The van der Waals surface area contributed by atoms with Gasteiger partial charge >= 0.3 is 5.97 Å². The SMILES string of the molecule is CC1(C)CC[C@@]23CC[C@]4(C)[C@H](CC[C@@H]5[C@@]6(C)CC[C@H](O)C(C)(C)[C@@H]6CC[C@]54C)[C@@H]2[C@H]1OC3=O. The molecule has 6 fully saturated rings. The van der Waals surface area contributed by atoms with Gasteiger partial charge in [-0.1, -0.05) is 48.5 Å². The van der Waals surface area contributed by atoms with Crippen molar-refractivity contribution in [3.8, 4) is 0 Å². The van der Waals surface area contributed by atoms with E-state index in [-0.39, 0.29) is 39.8 Å². The number of rotatable bonds is 0. The lowest BCUT2D eigenvalue weighted by atomic mass is 9.31. The van der Waals surface area contributed by atoms with Crippen molar-refractivity contribution in [3.63, 3.8) is 0 Å². The number of carbonyl (C=O) groups excluding carboxylic acids is 1. The summed E-state index contributed by atoms with van der Waals surface area (Å²) >= 11 is 0. The van der Waals surface area contributed by atoms with Crippen LogP contribution in [-0.2, 0) is 9.53 Å². The van der Waals surface area contributed by atoms with Crippen LogP contribution in [0.2, 0.25) is 0 Å². The van der Waals surface area contributed by atoms with Crippen LogP contribution < -0.4 is 0 Å². The first-order valence-corrected chi connectivity index (χ1v) is 14.1. The predicted octanol–water partition coefficient (Wildman–Crippen LogP) is 6.76. The molecule has 10 atom stereocenters. The quantitative estimate of drug-likeness (QED) is 0.409. The van der Waals surface area contributed by atoms with Gasteiger partial charge in [0.1, 0.15) is 6.10 Å². The molecule has 0 aromatic heterocycles. The Hall–Kier alpha value is -0.570. The van der Waals surface area contributed by atoms with Crippen LogP contribution >= 0.6 is 0 Å². The van der Waals surface area contributed by atoms with E-state index in [1.807, 2.05) is 0 Å². The summed E-state index contributed by atoms with van der Waals surface area (Å²) in [7, 11) is 0. The van der Waals surface area contributed by atoms with Gasteiger partial charge in [0, 0.05) is 11.3 Å². The molecule has 2 bridgehead atoms. The van der Waals surface area contributed by atoms with E-state index in [9.17, 15) is 9.90 Å². The maximum absolute atomic E-state index is 13.3. The average molecular weight is 457 g/mol. The minimum atomic E-state index is -0.189. The number of ether oxygens (including phenoxy) is 1. The van der Waals surface area contributed by atoms with Crippen LogP contribution in [0.1, 0.15) is 113 Å². The highest BCUT2D eigenvalue weighted by Gasteiger charge is 2.75. The Morgan fingerprint density at radius 2 is 1.45 bits per heavy atom.